The maximum absolute atomic E-state index is 12.3. The highest BCUT2D eigenvalue weighted by Gasteiger charge is 2.19. The zero-order valence-corrected chi connectivity index (χ0v) is 17.0. The van der Waals surface area contributed by atoms with Crippen molar-refractivity contribution in [3.63, 3.8) is 0 Å². The van der Waals surface area contributed by atoms with E-state index < -0.39 is 0 Å². The van der Waals surface area contributed by atoms with Crippen molar-refractivity contribution < 1.29 is 4.79 Å². The molecule has 0 radical (unpaired) electrons. The summed E-state index contributed by atoms with van der Waals surface area (Å²) in [5.74, 6) is 2.75. The van der Waals surface area contributed by atoms with E-state index >= 15 is 0 Å². The van der Waals surface area contributed by atoms with Crippen molar-refractivity contribution in [2.24, 2.45) is 5.92 Å². The van der Waals surface area contributed by atoms with Crippen LogP contribution in [-0.4, -0.2) is 30.6 Å². The number of nitrogens with zero attached hydrogens (tertiary/aromatic N) is 1. The number of rotatable bonds is 6. The molecular weight excluding hydrogens is 362 g/mol. The molecule has 0 spiro atoms. The maximum atomic E-state index is 12.3. The van der Waals surface area contributed by atoms with Crippen molar-refractivity contribution in [3.05, 3.63) is 52.2 Å². The molecule has 4 nitrogen and oxygen atoms in total. The third-order valence-corrected chi connectivity index (χ3v) is 6.47. The molecule has 1 atom stereocenters. The van der Waals surface area contributed by atoms with Crippen LogP contribution in [-0.2, 0) is 6.54 Å². The van der Waals surface area contributed by atoms with Crippen LogP contribution in [0.25, 0.3) is 0 Å². The summed E-state index contributed by atoms with van der Waals surface area (Å²) in [6, 6.07) is 12.6. The first-order valence-electron chi connectivity index (χ1n) is 9.13. The lowest BCUT2D eigenvalue weighted by Crippen LogP contribution is -2.39. The Bertz CT molecular complexity index is 680. The molecule has 0 bridgehead atoms. The molecule has 2 heterocycles. The van der Waals surface area contributed by atoms with E-state index in [0.717, 1.165) is 18.7 Å². The van der Waals surface area contributed by atoms with Gasteiger partial charge in [0.05, 0.1) is 6.04 Å². The molecule has 1 fully saturated rings. The summed E-state index contributed by atoms with van der Waals surface area (Å²) in [6.45, 7) is 7.02. The second-order valence-corrected chi connectivity index (χ2v) is 9.03. The molecular formula is C20H27N3OS2. The second-order valence-electron chi connectivity index (χ2n) is 6.83. The third kappa shape index (κ3) is 5.17. The van der Waals surface area contributed by atoms with E-state index in [9.17, 15) is 4.79 Å². The van der Waals surface area contributed by atoms with E-state index in [4.69, 9.17) is 0 Å². The first-order chi connectivity index (χ1) is 12.6. The van der Waals surface area contributed by atoms with Crippen LogP contribution in [0.4, 0.5) is 10.5 Å². The highest BCUT2D eigenvalue weighted by molar-refractivity contribution is 7.99. The Morgan fingerprint density at radius 2 is 1.88 bits per heavy atom. The van der Waals surface area contributed by atoms with E-state index in [1.807, 2.05) is 23.2 Å². The number of thioether (sulfide) groups is 1. The van der Waals surface area contributed by atoms with Gasteiger partial charge in [0.15, 0.2) is 0 Å². The van der Waals surface area contributed by atoms with Gasteiger partial charge in [-0.05, 0) is 35.1 Å². The number of thiophene rings is 1. The molecule has 26 heavy (non-hydrogen) atoms. The molecule has 1 aliphatic heterocycles. The van der Waals surface area contributed by atoms with E-state index in [1.54, 1.807) is 11.3 Å². The standard InChI is InChI=1S/C20H27N3OS2/c1-15(2)19(18-4-3-11-26-18)22-20(24)21-14-16-5-7-17(8-6-16)23-9-12-25-13-10-23/h3-8,11,15,19H,9-10,12-14H2,1-2H3,(H2,21,22,24). The molecule has 2 N–H and O–H groups in total. The molecule has 3 rings (SSSR count). The van der Waals surface area contributed by atoms with Gasteiger partial charge in [0.25, 0.3) is 0 Å². The van der Waals surface area contributed by atoms with Crippen LogP contribution in [0.15, 0.2) is 41.8 Å². The quantitative estimate of drug-likeness (QED) is 0.765. The Morgan fingerprint density at radius 3 is 2.50 bits per heavy atom. The molecule has 6 heteroatoms. The van der Waals surface area contributed by atoms with Crippen LogP contribution >= 0.6 is 23.1 Å². The summed E-state index contributed by atoms with van der Waals surface area (Å²) in [4.78, 5) is 15.9. The number of carbonyl (C=O) groups excluding carboxylic acids is 1. The SMILES string of the molecule is CC(C)C(NC(=O)NCc1ccc(N2CCSCC2)cc1)c1cccs1. The first-order valence-corrected chi connectivity index (χ1v) is 11.2. The minimum Gasteiger partial charge on any atom is -0.370 e. The molecule has 140 valence electrons. The highest BCUT2D eigenvalue weighted by Crippen LogP contribution is 2.25. The van der Waals surface area contributed by atoms with Gasteiger partial charge in [0, 0.05) is 41.7 Å². The lowest BCUT2D eigenvalue weighted by molar-refractivity contribution is 0.233. The largest absolute Gasteiger partial charge is 0.370 e. The summed E-state index contributed by atoms with van der Waals surface area (Å²) >= 11 is 3.70. The Morgan fingerprint density at radius 1 is 1.15 bits per heavy atom. The van der Waals surface area contributed by atoms with Gasteiger partial charge in [0.1, 0.15) is 0 Å². The van der Waals surface area contributed by atoms with Gasteiger partial charge >= 0.3 is 6.03 Å². The molecule has 1 aliphatic rings. The zero-order chi connectivity index (χ0) is 18.4. The summed E-state index contributed by atoms with van der Waals surface area (Å²) in [5.41, 5.74) is 2.39. The predicted octanol–water partition coefficient (Wildman–Crippen LogP) is 4.50. The lowest BCUT2D eigenvalue weighted by atomic mass is 10.0. The number of urea groups is 1. The minimum absolute atomic E-state index is 0.0503. The van der Waals surface area contributed by atoms with Gasteiger partial charge in [0.2, 0.25) is 0 Å². The zero-order valence-electron chi connectivity index (χ0n) is 15.4. The average Bonchev–Trinajstić information content (AvgIpc) is 3.19. The molecule has 2 aromatic rings. The Kier molecular flexibility index (Phi) is 6.86. The van der Waals surface area contributed by atoms with Crippen LogP contribution in [0.5, 0.6) is 0 Å². The monoisotopic (exact) mass is 389 g/mol. The molecule has 2 amide bonds. The van der Waals surface area contributed by atoms with E-state index in [2.05, 4.69) is 59.7 Å². The maximum Gasteiger partial charge on any atom is 0.315 e. The highest BCUT2D eigenvalue weighted by atomic mass is 32.2. The second kappa shape index (κ2) is 9.33. The van der Waals surface area contributed by atoms with E-state index in [1.165, 1.54) is 22.1 Å². The Labute approximate surface area is 164 Å². The van der Waals surface area contributed by atoms with Crippen molar-refractivity contribution in [3.8, 4) is 0 Å². The molecule has 1 unspecified atom stereocenters. The summed E-state index contributed by atoms with van der Waals surface area (Å²) < 4.78 is 0. The van der Waals surface area contributed by atoms with Crippen molar-refractivity contribution in [2.45, 2.75) is 26.4 Å². The first kappa shape index (κ1) is 19.1. The summed E-state index contributed by atoms with van der Waals surface area (Å²) in [7, 11) is 0. The third-order valence-electron chi connectivity index (χ3n) is 4.57. The number of benzene rings is 1. The summed E-state index contributed by atoms with van der Waals surface area (Å²) in [5, 5.41) is 8.13. The van der Waals surface area contributed by atoms with Gasteiger partial charge in [-0.1, -0.05) is 32.0 Å². The lowest BCUT2D eigenvalue weighted by Gasteiger charge is -2.28. The van der Waals surface area contributed by atoms with Crippen molar-refractivity contribution in [1.82, 2.24) is 10.6 Å². The van der Waals surface area contributed by atoms with Crippen LogP contribution in [0.2, 0.25) is 0 Å². The topological polar surface area (TPSA) is 44.4 Å². The van der Waals surface area contributed by atoms with Crippen LogP contribution in [0.1, 0.15) is 30.3 Å². The number of carbonyl (C=O) groups is 1. The van der Waals surface area contributed by atoms with Crippen molar-refractivity contribution in [1.29, 1.82) is 0 Å². The summed E-state index contributed by atoms with van der Waals surface area (Å²) in [6.07, 6.45) is 0. The van der Waals surface area contributed by atoms with Crippen LogP contribution < -0.4 is 15.5 Å². The molecule has 1 aromatic carbocycles. The minimum atomic E-state index is -0.116. The Hall–Kier alpha value is -1.66. The van der Waals surface area contributed by atoms with Crippen molar-refractivity contribution >= 4 is 34.8 Å². The van der Waals surface area contributed by atoms with Gasteiger partial charge in [-0.25, -0.2) is 4.79 Å². The number of hydrogen-bond acceptors (Lipinski definition) is 4. The van der Waals surface area contributed by atoms with Gasteiger partial charge in [-0.3, -0.25) is 0 Å². The Balaban J connectivity index is 1.50. The number of nitrogens with one attached hydrogen (secondary N) is 2. The van der Waals surface area contributed by atoms with Crippen molar-refractivity contribution in [2.75, 3.05) is 29.5 Å². The average molecular weight is 390 g/mol. The fourth-order valence-corrected chi connectivity index (χ4v) is 4.91. The molecule has 1 aromatic heterocycles. The molecule has 0 aliphatic carbocycles. The predicted molar refractivity (Wildman–Crippen MR) is 113 cm³/mol. The fourth-order valence-electron chi connectivity index (χ4n) is 3.06. The fraction of sp³-hybridized carbons (Fsp3) is 0.450. The van der Waals surface area contributed by atoms with Gasteiger partial charge in [-0.2, -0.15) is 11.8 Å². The molecule has 0 saturated carbocycles. The van der Waals surface area contributed by atoms with E-state index in [0.29, 0.717) is 12.5 Å². The smallest absolute Gasteiger partial charge is 0.315 e. The van der Waals surface area contributed by atoms with Crippen LogP contribution in [0, 0.1) is 5.92 Å². The van der Waals surface area contributed by atoms with Gasteiger partial charge < -0.3 is 15.5 Å². The van der Waals surface area contributed by atoms with E-state index in [-0.39, 0.29) is 12.1 Å². The number of anilines is 1. The normalized spacial score (nSPS) is 15.7. The molecule has 1 saturated heterocycles. The number of amides is 2. The van der Waals surface area contributed by atoms with Crippen LogP contribution in [0.3, 0.4) is 0 Å². The number of hydrogen-bond donors (Lipinski definition) is 2. The van der Waals surface area contributed by atoms with Gasteiger partial charge in [-0.15, -0.1) is 11.3 Å².